The van der Waals surface area contributed by atoms with Gasteiger partial charge in [-0.05, 0) is 61.2 Å². The Balaban J connectivity index is 0.000000500. The van der Waals surface area contributed by atoms with Crippen molar-refractivity contribution in [2.75, 3.05) is 0 Å². The van der Waals surface area contributed by atoms with Gasteiger partial charge < -0.3 is 9.84 Å². The summed E-state index contributed by atoms with van der Waals surface area (Å²) in [7, 11) is 0. The fourth-order valence-corrected chi connectivity index (χ4v) is 2.93. The summed E-state index contributed by atoms with van der Waals surface area (Å²) in [5, 5.41) is 9.37. The van der Waals surface area contributed by atoms with E-state index in [1.165, 1.54) is 44.2 Å². The Morgan fingerprint density at radius 3 is 2.36 bits per heavy atom. The van der Waals surface area contributed by atoms with Gasteiger partial charge in [0, 0.05) is 23.1 Å². The maximum absolute atomic E-state index is 14.7. The molecule has 0 atom stereocenters. The Morgan fingerprint density at radius 1 is 1.14 bits per heavy atom. The van der Waals surface area contributed by atoms with Crippen molar-refractivity contribution < 1.29 is 19.0 Å². The van der Waals surface area contributed by atoms with Crippen molar-refractivity contribution in [3.05, 3.63) is 71.3 Å². The van der Waals surface area contributed by atoms with Crippen LogP contribution in [0, 0.1) is 18.7 Å². The van der Waals surface area contributed by atoms with Crippen molar-refractivity contribution in [3.8, 4) is 16.9 Å². The second-order valence-corrected chi connectivity index (χ2v) is 7.43. The van der Waals surface area contributed by atoms with Crippen LogP contribution in [0.2, 0.25) is 0 Å². The highest BCUT2D eigenvalue weighted by molar-refractivity contribution is 6.00. The van der Waals surface area contributed by atoms with E-state index < -0.39 is 5.82 Å². The Kier molecular flexibility index (Phi) is 5.98. The lowest BCUT2D eigenvalue weighted by atomic mass is 9.94. The zero-order valence-electron chi connectivity index (χ0n) is 16.5. The first-order valence-corrected chi connectivity index (χ1v) is 9.52. The number of ketones is 1. The smallest absolute Gasteiger partial charge is 0.159 e. The number of halogens is 1. The van der Waals surface area contributed by atoms with Gasteiger partial charge in [0.05, 0.1) is 6.26 Å². The van der Waals surface area contributed by atoms with Crippen LogP contribution >= 0.6 is 0 Å². The number of ether oxygens (including phenoxy) is 1. The van der Waals surface area contributed by atoms with Crippen LogP contribution in [-0.4, -0.2) is 10.9 Å². The number of allylic oxidation sites excluding steroid dienone is 2. The second kappa shape index (κ2) is 8.42. The fourth-order valence-electron chi connectivity index (χ4n) is 2.93. The molecule has 4 heteroatoms. The summed E-state index contributed by atoms with van der Waals surface area (Å²) in [6.45, 7) is 5.61. The Labute approximate surface area is 165 Å². The number of aromatic hydroxyl groups is 1. The zero-order chi connectivity index (χ0) is 20.3. The summed E-state index contributed by atoms with van der Waals surface area (Å²) >= 11 is 0. The molecule has 1 aliphatic carbocycles. The standard InChI is InChI=1S/C20H17FO3.C4H8/c1-12-10-18(14-5-7-15(23)8-6-14)19(21)11-17(12)20-16(13(2)22)4-3-9-24-20;1-4-2-3-4/h3,5-11,23H,4H2,1-2H3;4H,2-3H2,1H3. The molecule has 0 aromatic heterocycles. The summed E-state index contributed by atoms with van der Waals surface area (Å²) in [6.07, 6.45) is 6.73. The van der Waals surface area contributed by atoms with E-state index in [1.54, 1.807) is 24.3 Å². The fraction of sp³-hybridized carbons (Fsp3) is 0.292. The zero-order valence-corrected chi connectivity index (χ0v) is 16.5. The molecule has 0 radical (unpaired) electrons. The number of hydrogen-bond acceptors (Lipinski definition) is 3. The first-order chi connectivity index (χ1) is 13.4. The monoisotopic (exact) mass is 380 g/mol. The molecule has 146 valence electrons. The predicted octanol–water partition coefficient (Wildman–Crippen LogP) is 6.16. The number of rotatable bonds is 3. The summed E-state index contributed by atoms with van der Waals surface area (Å²) in [5.74, 6) is 1.14. The normalized spacial score (nSPS) is 15.6. The molecule has 1 saturated carbocycles. The van der Waals surface area contributed by atoms with Crippen LogP contribution in [0.15, 0.2) is 54.3 Å². The molecule has 0 saturated heterocycles. The third kappa shape index (κ3) is 4.69. The molecule has 1 fully saturated rings. The second-order valence-electron chi connectivity index (χ2n) is 7.43. The van der Waals surface area contributed by atoms with Crippen molar-refractivity contribution in [1.29, 1.82) is 0 Å². The number of aryl methyl sites for hydroxylation is 1. The van der Waals surface area contributed by atoms with E-state index in [0.717, 1.165) is 11.5 Å². The average Bonchev–Trinajstić information content (AvgIpc) is 3.46. The van der Waals surface area contributed by atoms with Crippen LogP contribution in [0.1, 0.15) is 44.2 Å². The third-order valence-electron chi connectivity index (χ3n) is 4.91. The van der Waals surface area contributed by atoms with Gasteiger partial charge in [0.2, 0.25) is 0 Å². The summed E-state index contributed by atoms with van der Waals surface area (Å²) in [4.78, 5) is 11.8. The largest absolute Gasteiger partial charge is 0.508 e. The van der Waals surface area contributed by atoms with Crippen molar-refractivity contribution in [3.63, 3.8) is 0 Å². The van der Waals surface area contributed by atoms with E-state index in [-0.39, 0.29) is 11.5 Å². The van der Waals surface area contributed by atoms with Gasteiger partial charge in [-0.2, -0.15) is 0 Å². The number of carbonyl (C=O) groups excluding carboxylic acids is 1. The number of Topliss-reactive ketones (excluding diaryl/α,β-unsaturated/α-hetero) is 1. The van der Waals surface area contributed by atoms with Crippen LogP contribution in [0.25, 0.3) is 16.9 Å². The molecular weight excluding hydrogens is 355 g/mol. The molecule has 0 bridgehead atoms. The third-order valence-corrected chi connectivity index (χ3v) is 4.91. The van der Waals surface area contributed by atoms with Gasteiger partial charge >= 0.3 is 0 Å². The van der Waals surface area contributed by atoms with E-state index in [2.05, 4.69) is 6.92 Å². The highest BCUT2D eigenvalue weighted by Gasteiger charge is 2.20. The Hall–Kier alpha value is -2.88. The lowest BCUT2D eigenvalue weighted by Gasteiger charge is -2.18. The molecular formula is C24H25FO3. The minimum atomic E-state index is -0.408. The number of benzene rings is 2. The van der Waals surface area contributed by atoms with Gasteiger partial charge in [-0.3, -0.25) is 4.79 Å². The predicted molar refractivity (Wildman–Crippen MR) is 109 cm³/mol. The van der Waals surface area contributed by atoms with Gasteiger partial charge in [-0.1, -0.05) is 31.9 Å². The van der Waals surface area contributed by atoms with Gasteiger partial charge in [0.25, 0.3) is 0 Å². The van der Waals surface area contributed by atoms with Crippen LogP contribution in [0.3, 0.4) is 0 Å². The molecule has 3 nitrogen and oxygen atoms in total. The first-order valence-electron chi connectivity index (χ1n) is 9.52. The Bertz CT molecular complexity index is 935. The molecule has 28 heavy (non-hydrogen) atoms. The van der Waals surface area contributed by atoms with Crippen molar-refractivity contribution in [1.82, 2.24) is 0 Å². The van der Waals surface area contributed by atoms with Crippen LogP contribution < -0.4 is 0 Å². The SMILES string of the molecule is CC(=O)C1=C(c2cc(F)c(-c3ccc(O)cc3)cc2C)OC=CC1.CC1CC1. The van der Waals surface area contributed by atoms with Crippen molar-refractivity contribution in [2.24, 2.45) is 5.92 Å². The van der Waals surface area contributed by atoms with Gasteiger partial charge in [0.15, 0.2) is 5.78 Å². The van der Waals surface area contributed by atoms with Crippen molar-refractivity contribution in [2.45, 2.75) is 40.0 Å². The highest BCUT2D eigenvalue weighted by Crippen LogP contribution is 2.34. The van der Waals surface area contributed by atoms with Gasteiger partial charge in [0.1, 0.15) is 17.3 Å². The van der Waals surface area contributed by atoms with E-state index in [4.69, 9.17) is 4.74 Å². The average molecular weight is 380 g/mol. The lowest BCUT2D eigenvalue weighted by Crippen LogP contribution is -2.07. The van der Waals surface area contributed by atoms with E-state index >= 15 is 0 Å². The summed E-state index contributed by atoms with van der Waals surface area (Å²) in [5.41, 5.74) is 3.03. The van der Waals surface area contributed by atoms with Crippen LogP contribution in [0.4, 0.5) is 4.39 Å². The number of hydrogen-bond donors (Lipinski definition) is 1. The van der Waals surface area contributed by atoms with E-state index in [1.807, 2.05) is 6.92 Å². The van der Waals surface area contributed by atoms with Crippen molar-refractivity contribution >= 4 is 11.5 Å². The molecule has 1 N–H and O–H groups in total. The number of carbonyl (C=O) groups is 1. The van der Waals surface area contributed by atoms with E-state index in [9.17, 15) is 14.3 Å². The lowest BCUT2D eigenvalue weighted by molar-refractivity contribution is -0.113. The number of phenolic OH excluding ortho intramolecular Hbond substituents is 1. The Morgan fingerprint density at radius 2 is 1.79 bits per heavy atom. The van der Waals surface area contributed by atoms with Gasteiger partial charge in [-0.15, -0.1) is 0 Å². The maximum atomic E-state index is 14.7. The summed E-state index contributed by atoms with van der Waals surface area (Å²) < 4.78 is 20.2. The number of phenols is 1. The maximum Gasteiger partial charge on any atom is 0.159 e. The first kappa shape index (κ1) is 19.9. The molecule has 1 heterocycles. The molecule has 0 amide bonds. The van der Waals surface area contributed by atoms with Crippen LogP contribution in [-0.2, 0) is 9.53 Å². The molecule has 4 rings (SSSR count). The van der Waals surface area contributed by atoms with Crippen LogP contribution in [0.5, 0.6) is 5.75 Å². The minimum Gasteiger partial charge on any atom is -0.508 e. The topological polar surface area (TPSA) is 46.5 Å². The molecule has 2 aromatic rings. The quantitative estimate of drug-likeness (QED) is 0.694. The molecule has 0 unspecified atom stereocenters. The molecule has 0 spiro atoms. The molecule has 1 aliphatic heterocycles. The highest BCUT2D eigenvalue weighted by atomic mass is 19.1. The van der Waals surface area contributed by atoms with E-state index in [0.29, 0.717) is 34.4 Å². The van der Waals surface area contributed by atoms with Gasteiger partial charge in [-0.25, -0.2) is 4.39 Å². The summed E-state index contributed by atoms with van der Waals surface area (Å²) in [6, 6.07) is 9.48. The minimum absolute atomic E-state index is 0.0863. The molecule has 2 aromatic carbocycles. The molecule has 2 aliphatic rings.